The predicted octanol–water partition coefficient (Wildman–Crippen LogP) is 2.43. The Kier molecular flexibility index (Phi) is 4.99. The first-order valence-electron chi connectivity index (χ1n) is 6.08. The molecule has 1 aromatic rings. The Morgan fingerprint density at radius 2 is 1.80 bits per heavy atom. The van der Waals surface area contributed by atoms with Crippen molar-refractivity contribution in [3.05, 3.63) is 29.8 Å². The summed E-state index contributed by atoms with van der Waals surface area (Å²) in [5, 5.41) is 12.7. The summed E-state index contributed by atoms with van der Waals surface area (Å²) < 4.78 is 43.5. The summed E-state index contributed by atoms with van der Waals surface area (Å²) in [4.78, 5) is 11.5. The molecule has 112 valence electrons. The molecule has 20 heavy (non-hydrogen) atoms. The van der Waals surface area contributed by atoms with E-state index in [1.165, 1.54) is 19.1 Å². The molecule has 0 saturated heterocycles. The molecule has 1 aromatic carbocycles. The standard InChI is InChI=1S/C13H16F3NO3/c1-3-17-10-7-5-9(6-8-10)12(19,13(14,15)16)11(18)20-4-2/h5-8,17,19H,3-4H2,1-2H3. The lowest BCUT2D eigenvalue weighted by atomic mass is 9.93. The van der Waals surface area contributed by atoms with E-state index >= 15 is 0 Å². The third kappa shape index (κ3) is 3.04. The van der Waals surface area contributed by atoms with Crippen molar-refractivity contribution in [3.8, 4) is 0 Å². The van der Waals surface area contributed by atoms with E-state index in [9.17, 15) is 23.1 Å². The van der Waals surface area contributed by atoms with Gasteiger partial charge in [-0.15, -0.1) is 0 Å². The van der Waals surface area contributed by atoms with Crippen molar-refractivity contribution < 1.29 is 27.8 Å². The number of halogens is 3. The van der Waals surface area contributed by atoms with Gasteiger partial charge in [-0.05, 0) is 26.0 Å². The topological polar surface area (TPSA) is 58.6 Å². The number of nitrogens with one attached hydrogen (secondary N) is 1. The second-order valence-electron chi connectivity index (χ2n) is 4.04. The molecular formula is C13H16F3NO3. The van der Waals surface area contributed by atoms with E-state index in [1.54, 1.807) is 0 Å². The summed E-state index contributed by atoms with van der Waals surface area (Å²) in [7, 11) is 0. The fourth-order valence-electron chi connectivity index (χ4n) is 1.67. The molecule has 7 heteroatoms. The highest BCUT2D eigenvalue weighted by molar-refractivity contribution is 5.82. The number of carbonyl (C=O) groups is 1. The first-order chi connectivity index (χ1) is 9.27. The highest BCUT2D eigenvalue weighted by Crippen LogP contribution is 2.40. The van der Waals surface area contributed by atoms with Gasteiger partial charge in [0.25, 0.3) is 5.60 Å². The lowest BCUT2D eigenvalue weighted by Crippen LogP contribution is -2.50. The molecule has 0 aliphatic heterocycles. The summed E-state index contributed by atoms with van der Waals surface area (Å²) in [6.07, 6.45) is -5.17. The molecular weight excluding hydrogens is 275 g/mol. The number of anilines is 1. The van der Waals surface area contributed by atoms with E-state index in [2.05, 4.69) is 10.1 Å². The van der Waals surface area contributed by atoms with Gasteiger partial charge in [-0.1, -0.05) is 12.1 Å². The Morgan fingerprint density at radius 3 is 2.20 bits per heavy atom. The molecule has 0 heterocycles. The zero-order valence-corrected chi connectivity index (χ0v) is 11.1. The van der Waals surface area contributed by atoms with Crippen molar-refractivity contribution in [1.82, 2.24) is 0 Å². The molecule has 1 unspecified atom stereocenters. The molecule has 0 aromatic heterocycles. The Balaban J connectivity index is 3.21. The van der Waals surface area contributed by atoms with Crippen molar-refractivity contribution in [1.29, 1.82) is 0 Å². The van der Waals surface area contributed by atoms with Gasteiger partial charge in [0.05, 0.1) is 6.61 Å². The molecule has 0 aliphatic rings. The summed E-state index contributed by atoms with van der Waals surface area (Å²) in [5.74, 6) is -1.73. The van der Waals surface area contributed by atoms with Gasteiger partial charge in [0.15, 0.2) is 0 Å². The maximum absolute atomic E-state index is 13.0. The molecule has 0 amide bonds. The maximum atomic E-state index is 13.0. The van der Waals surface area contributed by atoms with E-state index in [4.69, 9.17) is 0 Å². The van der Waals surface area contributed by atoms with Crippen LogP contribution in [0.1, 0.15) is 19.4 Å². The van der Waals surface area contributed by atoms with Gasteiger partial charge in [0.2, 0.25) is 0 Å². The van der Waals surface area contributed by atoms with Gasteiger partial charge in [0, 0.05) is 17.8 Å². The summed E-state index contributed by atoms with van der Waals surface area (Å²) in [5.41, 5.74) is -3.65. The van der Waals surface area contributed by atoms with E-state index in [0.29, 0.717) is 12.2 Å². The molecule has 0 saturated carbocycles. The molecule has 1 rings (SSSR count). The summed E-state index contributed by atoms with van der Waals surface area (Å²) in [6.45, 7) is 3.54. The average Bonchev–Trinajstić information content (AvgIpc) is 2.38. The van der Waals surface area contributed by atoms with Crippen molar-refractivity contribution >= 4 is 11.7 Å². The number of hydrogen-bond acceptors (Lipinski definition) is 4. The van der Waals surface area contributed by atoms with Crippen molar-refractivity contribution in [2.24, 2.45) is 0 Å². The van der Waals surface area contributed by atoms with E-state index in [0.717, 1.165) is 12.1 Å². The quantitative estimate of drug-likeness (QED) is 0.818. The van der Waals surface area contributed by atoms with Crippen LogP contribution in [-0.2, 0) is 15.1 Å². The normalized spacial score (nSPS) is 14.5. The lowest BCUT2D eigenvalue weighted by Gasteiger charge is -2.28. The van der Waals surface area contributed by atoms with E-state index in [1.807, 2.05) is 6.92 Å². The minimum Gasteiger partial charge on any atom is -0.463 e. The Bertz CT molecular complexity index is 459. The molecule has 0 bridgehead atoms. The van der Waals surface area contributed by atoms with Crippen molar-refractivity contribution in [2.75, 3.05) is 18.5 Å². The van der Waals surface area contributed by atoms with Crippen LogP contribution < -0.4 is 5.32 Å². The number of carbonyl (C=O) groups excluding carboxylic acids is 1. The SMILES string of the molecule is CCNc1ccc(C(O)(C(=O)OCC)C(F)(F)F)cc1. The largest absolute Gasteiger partial charge is 0.463 e. The Hall–Kier alpha value is -1.76. The zero-order chi connectivity index (χ0) is 15.4. The second-order valence-corrected chi connectivity index (χ2v) is 4.04. The van der Waals surface area contributed by atoms with Crippen molar-refractivity contribution in [3.63, 3.8) is 0 Å². The van der Waals surface area contributed by atoms with Crippen LogP contribution in [0.4, 0.5) is 18.9 Å². The smallest absolute Gasteiger partial charge is 0.432 e. The molecule has 0 fully saturated rings. The number of benzene rings is 1. The average molecular weight is 291 g/mol. The number of esters is 1. The first-order valence-corrected chi connectivity index (χ1v) is 6.08. The predicted molar refractivity (Wildman–Crippen MR) is 67.2 cm³/mol. The van der Waals surface area contributed by atoms with Crippen LogP contribution in [0.25, 0.3) is 0 Å². The third-order valence-electron chi connectivity index (χ3n) is 2.66. The van der Waals surface area contributed by atoms with E-state index in [-0.39, 0.29) is 6.61 Å². The van der Waals surface area contributed by atoms with Crippen LogP contribution in [0.2, 0.25) is 0 Å². The van der Waals surface area contributed by atoms with Gasteiger partial charge in [0.1, 0.15) is 0 Å². The summed E-state index contributed by atoms with van der Waals surface area (Å²) in [6, 6.07) is 4.80. The van der Waals surface area contributed by atoms with Crippen LogP contribution >= 0.6 is 0 Å². The van der Waals surface area contributed by atoms with Gasteiger partial charge < -0.3 is 15.2 Å². The lowest BCUT2D eigenvalue weighted by molar-refractivity contribution is -0.267. The third-order valence-corrected chi connectivity index (χ3v) is 2.66. The fourth-order valence-corrected chi connectivity index (χ4v) is 1.67. The maximum Gasteiger partial charge on any atom is 0.432 e. The Labute approximate surface area is 114 Å². The first kappa shape index (κ1) is 16.3. The number of hydrogen-bond donors (Lipinski definition) is 2. The number of alkyl halides is 3. The fraction of sp³-hybridized carbons (Fsp3) is 0.462. The minimum atomic E-state index is -5.17. The highest BCUT2D eigenvalue weighted by atomic mass is 19.4. The van der Waals surface area contributed by atoms with Gasteiger partial charge >= 0.3 is 12.1 Å². The summed E-state index contributed by atoms with van der Waals surface area (Å²) >= 11 is 0. The second kappa shape index (κ2) is 6.13. The van der Waals surface area contributed by atoms with Gasteiger partial charge in [-0.2, -0.15) is 13.2 Å². The monoisotopic (exact) mass is 291 g/mol. The van der Waals surface area contributed by atoms with Crippen LogP contribution in [0.15, 0.2) is 24.3 Å². The number of rotatable bonds is 5. The van der Waals surface area contributed by atoms with Crippen molar-refractivity contribution in [2.45, 2.75) is 25.6 Å². The highest BCUT2D eigenvalue weighted by Gasteiger charge is 2.62. The zero-order valence-electron chi connectivity index (χ0n) is 11.1. The van der Waals surface area contributed by atoms with Crippen LogP contribution in [0.5, 0.6) is 0 Å². The minimum absolute atomic E-state index is 0.257. The van der Waals surface area contributed by atoms with E-state index < -0.39 is 23.3 Å². The van der Waals surface area contributed by atoms with Crippen LogP contribution in [0.3, 0.4) is 0 Å². The van der Waals surface area contributed by atoms with Gasteiger partial charge in [-0.25, -0.2) is 4.79 Å². The molecule has 0 aliphatic carbocycles. The molecule has 4 nitrogen and oxygen atoms in total. The number of aliphatic hydroxyl groups is 1. The number of ether oxygens (including phenoxy) is 1. The van der Waals surface area contributed by atoms with Crippen LogP contribution in [-0.4, -0.2) is 30.4 Å². The Morgan fingerprint density at radius 1 is 1.25 bits per heavy atom. The van der Waals surface area contributed by atoms with Gasteiger partial charge in [-0.3, -0.25) is 0 Å². The molecule has 0 radical (unpaired) electrons. The van der Waals surface area contributed by atoms with Crippen LogP contribution in [0, 0.1) is 0 Å². The molecule has 0 spiro atoms. The molecule has 1 atom stereocenters. The molecule has 2 N–H and O–H groups in total.